The van der Waals surface area contributed by atoms with Crippen LogP contribution in [0.4, 0.5) is 9.18 Å². The number of amides is 1. The van der Waals surface area contributed by atoms with Crippen molar-refractivity contribution in [1.29, 1.82) is 0 Å². The van der Waals surface area contributed by atoms with Crippen LogP contribution in [0.15, 0.2) is 18.2 Å². The maximum absolute atomic E-state index is 13.6. The second kappa shape index (κ2) is 6.73. The molecule has 3 rings (SSSR count). The van der Waals surface area contributed by atoms with Gasteiger partial charge in [0.1, 0.15) is 29.0 Å². The summed E-state index contributed by atoms with van der Waals surface area (Å²) >= 11 is 0. The Morgan fingerprint density at radius 1 is 1.12 bits per heavy atom. The van der Waals surface area contributed by atoms with Crippen molar-refractivity contribution in [3.63, 3.8) is 0 Å². The molecule has 3 atom stereocenters. The van der Waals surface area contributed by atoms with Crippen LogP contribution in [0.25, 0.3) is 0 Å². The number of benzene rings is 1. The number of ether oxygens (including phenoxy) is 3. The second-order valence-electron chi connectivity index (χ2n) is 7.81. The van der Waals surface area contributed by atoms with Gasteiger partial charge in [0.2, 0.25) is 0 Å². The van der Waals surface area contributed by atoms with E-state index >= 15 is 0 Å². The van der Waals surface area contributed by atoms with Gasteiger partial charge in [-0.1, -0.05) is 0 Å². The summed E-state index contributed by atoms with van der Waals surface area (Å²) in [5, 5.41) is 0. The molecule has 0 N–H and O–H groups in total. The summed E-state index contributed by atoms with van der Waals surface area (Å²) < 4.78 is 30.2. The minimum Gasteiger partial charge on any atom is -0.497 e. The third-order valence-corrected chi connectivity index (χ3v) is 4.68. The number of rotatable bonds is 3. The molecule has 25 heavy (non-hydrogen) atoms. The van der Waals surface area contributed by atoms with Gasteiger partial charge in [0, 0.05) is 43.1 Å². The van der Waals surface area contributed by atoms with Crippen molar-refractivity contribution in [2.24, 2.45) is 0 Å². The van der Waals surface area contributed by atoms with E-state index in [1.54, 1.807) is 6.07 Å². The first-order valence-corrected chi connectivity index (χ1v) is 8.78. The third kappa shape index (κ3) is 4.17. The molecule has 0 saturated carbocycles. The maximum Gasteiger partial charge on any atom is 0.410 e. The molecule has 0 aliphatic carbocycles. The van der Waals surface area contributed by atoms with Crippen molar-refractivity contribution >= 4 is 6.09 Å². The molecule has 1 amide bonds. The zero-order valence-electron chi connectivity index (χ0n) is 15.3. The molecule has 6 heteroatoms. The van der Waals surface area contributed by atoms with Crippen molar-refractivity contribution in [3.8, 4) is 11.5 Å². The zero-order chi connectivity index (χ0) is 18.2. The highest BCUT2D eigenvalue weighted by Crippen LogP contribution is 2.38. The molecule has 1 unspecified atom stereocenters. The molecule has 1 aromatic carbocycles. The lowest BCUT2D eigenvalue weighted by molar-refractivity contribution is -0.00710. The van der Waals surface area contributed by atoms with Crippen molar-refractivity contribution < 1.29 is 23.4 Å². The Balaban J connectivity index is 1.66. The van der Waals surface area contributed by atoms with Crippen LogP contribution < -0.4 is 9.47 Å². The molecule has 2 heterocycles. The van der Waals surface area contributed by atoms with Crippen LogP contribution in [0.3, 0.4) is 0 Å². The highest BCUT2D eigenvalue weighted by atomic mass is 19.1. The zero-order valence-corrected chi connectivity index (χ0v) is 15.3. The Morgan fingerprint density at radius 3 is 2.28 bits per heavy atom. The van der Waals surface area contributed by atoms with Crippen LogP contribution in [0.5, 0.6) is 11.5 Å². The van der Waals surface area contributed by atoms with Gasteiger partial charge < -0.3 is 19.1 Å². The van der Waals surface area contributed by atoms with Gasteiger partial charge in [-0.15, -0.1) is 0 Å². The molecule has 5 nitrogen and oxygen atoms in total. The summed E-state index contributed by atoms with van der Waals surface area (Å²) in [7, 11) is 1.50. The lowest BCUT2D eigenvalue weighted by atomic mass is 10.00. The van der Waals surface area contributed by atoms with E-state index in [1.165, 1.54) is 19.2 Å². The Labute approximate surface area is 148 Å². The van der Waals surface area contributed by atoms with Crippen molar-refractivity contribution in [2.45, 2.75) is 70.2 Å². The number of nitrogens with zero attached hydrogens (tertiary/aromatic N) is 1. The first kappa shape index (κ1) is 17.8. The first-order chi connectivity index (χ1) is 11.7. The number of hydrogen-bond acceptors (Lipinski definition) is 4. The highest BCUT2D eigenvalue weighted by molar-refractivity contribution is 5.69. The van der Waals surface area contributed by atoms with Crippen LogP contribution in [0.1, 0.15) is 46.5 Å². The third-order valence-electron chi connectivity index (χ3n) is 4.68. The van der Waals surface area contributed by atoms with Gasteiger partial charge in [0.25, 0.3) is 0 Å². The lowest BCUT2D eigenvalue weighted by Gasteiger charge is -2.39. The molecular weight excluding hydrogens is 325 g/mol. The van der Waals surface area contributed by atoms with Crippen LogP contribution in [-0.4, -0.2) is 41.9 Å². The van der Waals surface area contributed by atoms with Gasteiger partial charge in [-0.25, -0.2) is 9.18 Å². The van der Waals surface area contributed by atoms with Gasteiger partial charge in [-0.2, -0.15) is 0 Å². The number of piperidine rings is 1. The Bertz CT molecular complexity index is 629. The molecule has 0 radical (unpaired) electrons. The van der Waals surface area contributed by atoms with Crippen LogP contribution in [-0.2, 0) is 4.74 Å². The number of hydrogen-bond donors (Lipinski definition) is 0. The number of methoxy groups -OCH3 is 1. The van der Waals surface area contributed by atoms with E-state index < -0.39 is 5.60 Å². The molecule has 138 valence electrons. The standard InChI is InChI=1S/C19H26FNO4/c1-19(2,3)25-18(22)21-13-5-6-14(21)10-17(9-13)24-16-8-12(20)7-15(11-16)23-4/h7-8,11,13-14,17H,5-6,9-10H2,1-4H3/t13-,14+,17?. The fourth-order valence-corrected chi connectivity index (χ4v) is 3.75. The number of halogens is 1. The fraction of sp³-hybridized carbons (Fsp3) is 0.632. The average molecular weight is 351 g/mol. The molecule has 1 aromatic rings. The Morgan fingerprint density at radius 2 is 1.72 bits per heavy atom. The van der Waals surface area contributed by atoms with Crippen molar-refractivity contribution in [2.75, 3.05) is 7.11 Å². The topological polar surface area (TPSA) is 48.0 Å². The largest absolute Gasteiger partial charge is 0.497 e. The quantitative estimate of drug-likeness (QED) is 0.821. The van der Waals surface area contributed by atoms with E-state index in [1.807, 2.05) is 25.7 Å². The summed E-state index contributed by atoms with van der Waals surface area (Å²) in [6.07, 6.45) is 3.09. The summed E-state index contributed by atoms with van der Waals surface area (Å²) in [4.78, 5) is 14.3. The van der Waals surface area contributed by atoms with Crippen LogP contribution in [0.2, 0.25) is 0 Å². The minimum atomic E-state index is -0.498. The molecule has 2 saturated heterocycles. The number of carbonyl (C=O) groups is 1. The second-order valence-corrected chi connectivity index (χ2v) is 7.81. The lowest BCUT2D eigenvalue weighted by Crippen LogP contribution is -2.50. The van der Waals surface area contributed by atoms with Gasteiger partial charge in [0.05, 0.1) is 7.11 Å². The molecule has 2 aliphatic rings. The van der Waals surface area contributed by atoms with E-state index in [0.29, 0.717) is 11.5 Å². The molecule has 2 aliphatic heterocycles. The normalized spacial score (nSPS) is 25.6. The molecule has 0 aromatic heterocycles. The predicted molar refractivity (Wildman–Crippen MR) is 91.5 cm³/mol. The molecular formula is C19H26FNO4. The highest BCUT2D eigenvalue weighted by Gasteiger charge is 2.45. The van der Waals surface area contributed by atoms with Crippen molar-refractivity contribution in [1.82, 2.24) is 4.90 Å². The van der Waals surface area contributed by atoms with Gasteiger partial charge in [0.15, 0.2) is 0 Å². The monoisotopic (exact) mass is 351 g/mol. The number of fused-ring (bicyclic) bond motifs is 2. The van der Waals surface area contributed by atoms with E-state index in [0.717, 1.165) is 25.7 Å². The molecule has 2 bridgehead atoms. The predicted octanol–water partition coefficient (Wildman–Crippen LogP) is 4.14. The van der Waals surface area contributed by atoms with Gasteiger partial charge in [-0.05, 0) is 33.6 Å². The summed E-state index contributed by atoms with van der Waals surface area (Å²) in [5.41, 5.74) is -0.498. The fourth-order valence-electron chi connectivity index (χ4n) is 3.75. The van der Waals surface area contributed by atoms with Crippen LogP contribution in [0, 0.1) is 5.82 Å². The minimum absolute atomic E-state index is 0.0392. The summed E-state index contributed by atoms with van der Waals surface area (Å²) in [5.74, 6) is 0.514. The average Bonchev–Trinajstić information content (AvgIpc) is 2.76. The first-order valence-electron chi connectivity index (χ1n) is 8.78. The van der Waals surface area contributed by atoms with E-state index in [9.17, 15) is 9.18 Å². The Hall–Kier alpha value is -1.98. The smallest absolute Gasteiger partial charge is 0.410 e. The summed E-state index contributed by atoms with van der Waals surface area (Å²) in [6.45, 7) is 5.63. The SMILES string of the molecule is COc1cc(F)cc(OC2C[C@H]3CC[C@@H](C2)N3C(=O)OC(C)(C)C)c1. The van der Waals surface area contributed by atoms with Crippen molar-refractivity contribution in [3.05, 3.63) is 24.0 Å². The van der Waals surface area contributed by atoms with Crippen LogP contribution >= 0.6 is 0 Å². The number of carbonyl (C=O) groups excluding carboxylic acids is 1. The van der Waals surface area contributed by atoms with E-state index in [2.05, 4.69) is 0 Å². The van der Waals surface area contributed by atoms with Gasteiger partial charge >= 0.3 is 6.09 Å². The molecule has 0 spiro atoms. The maximum atomic E-state index is 13.6. The molecule has 2 fully saturated rings. The van der Waals surface area contributed by atoms with E-state index in [-0.39, 0.29) is 30.1 Å². The van der Waals surface area contributed by atoms with E-state index in [4.69, 9.17) is 14.2 Å². The Kier molecular flexibility index (Phi) is 4.80. The van der Waals surface area contributed by atoms with Gasteiger partial charge in [-0.3, -0.25) is 0 Å². The summed E-state index contributed by atoms with van der Waals surface area (Å²) in [6, 6.07) is 4.61.